The van der Waals surface area contributed by atoms with Crippen molar-refractivity contribution in [3.8, 4) is 11.4 Å². The van der Waals surface area contributed by atoms with E-state index in [0.29, 0.717) is 0 Å². The zero-order valence-corrected chi connectivity index (χ0v) is 11.0. The van der Waals surface area contributed by atoms with Crippen LogP contribution < -0.4 is 5.32 Å². The summed E-state index contributed by atoms with van der Waals surface area (Å²) in [5, 5.41) is 4.21. The summed E-state index contributed by atoms with van der Waals surface area (Å²) in [6, 6.07) is 16.2. The van der Waals surface area contributed by atoms with E-state index in [2.05, 4.69) is 23.3 Å². The van der Waals surface area contributed by atoms with E-state index in [1.54, 1.807) is 0 Å². The van der Waals surface area contributed by atoms with Gasteiger partial charge in [-0.05, 0) is 18.6 Å². The minimum atomic E-state index is 0.756. The molecule has 1 N–H and O–H groups in total. The summed E-state index contributed by atoms with van der Waals surface area (Å²) < 4.78 is 0. The van der Waals surface area contributed by atoms with Gasteiger partial charge in [0.05, 0.1) is 5.52 Å². The van der Waals surface area contributed by atoms with Gasteiger partial charge in [0.15, 0.2) is 5.82 Å². The van der Waals surface area contributed by atoms with Crippen molar-refractivity contribution in [2.24, 2.45) is 0 Å². The van der Waals surface area contributed by atoms with E-state index in [-0.39, 0.29) is 0 Å². The minimum Gasteiger partial charge on any atom is -0.373 e. The summed E-state index contributed by atoms with van der Waals surface area (Å²) >= 11 is 0. The summed E-state index contributed by atoms with van der Waals surface area (Å²) in [4.78, 5) is 9.31. The van der Waals surface area contributed by atoms with Gasteiger partial charge in [0.1, 0.15) is 5.82 Å². The first-order valence-corrected chi connectivity index (χ1v) is 6.30. The van der Waals surface area contributed by atoms with Crippen LogP contribution in [0.2, 0.25) is 0 Å². The fourth-order valence-corrected chi connectivity index (χ4v) is 2.20. The molecule has 3 nitrogen and oxygen atoms in total. The number of aromatic nitrogens is 2. The Balaban J connectivity index is 2.31. The second kappa shape index (κ2) is 4.69. The van der Waals surface area contributed by atoms with Crippen LogP contribution in [0.5, 0.6) is 0 Å². The maximum atomic E-state index is 4.70. The smallest absolute Gasteiger partial charge is 0.162 e. The van der Waals surface area contributed by atoms with E-state index in [1.807, 2.05) is 49.5 Å². The lowest BCUT2D eigenvalue weighted by Crippen LogP contribution is -1.99. The van der Waals surface area contributed by atoms with E-state index in [4.69, 9.17) is 4.98 Å². The molecule has 0 bridgehead atoms. The first-order valence-electron chi connectivity index (χ1n) is 6.30. The molecular weight excluding hydrogens is 234 g/mol. The van der Waals surface area contributed by atoms with Gasteiger partial charge in [0.2, 0.25) is 0 Å². The highest BCUT2D eigenvalue weighted by Crippen LogP contribution is 2.26. The molecular formula is C16H15N3. The van der Waals surface area contributed by atoms with Crippen LogP contribution in [0.1, 0.15) is 5.56 Å². The Morgan fingerprint density at radius 2 is 1.68 bits per heavy atom. The molecule has 0 aliphatic rings. The molecule has 0 spiro atoms. The molecule has 0 aliphatic carbocycles. The summed E-state index contributed by atoms with van der Waals surface area (Å²) in [5.74, 6) is 1.62. The third-order valence-corrected chi connectivity index (χ3v) is 3.20. The van der Waals surface area contributed by atoms with E-state index < -0.39 is 0 Å². The fourth-order valence-electron chi connectivity index (χ4n) is 2.20. The molecule has 94 valence electrons. The predicted molar refractivity (Wildman–Crippen MR) is 79.3 cm³/mol. The zero-order valence-electron chi connectivity index (χ0n) is 11.0. The number of aryl methyl sites for hydroxylation is 1. The van der Waals surface area contributed by atoms with Crippen LogP contribution in [0.15, 0.2) is 48.5 Å². The third kappa shape index (κ3) is 2.03. The monoisotopic (exact) mass is 249 g/mol. The summed E-state index contributed by atoms with van der Waals surface area (Å²) in [5.41, 5.74) is 3.19. The second-order valence-corrected chi connectivity index (χ2v) is 4.48. The van der Waals surface area contributed by atoms with Crippen molar-refractivity contribution in [2.45, 2.75) is 6.92 Å². The van der Waals surface area contributed by atoms with E-state index >= 15 is 0 Å². The lowest BCUT2D eigenvalue weighted by molar-refractivity contribution is 1.20. The quantitative estimate of drug-likeness (QED) is 0.753. The van der Waals surface area contributed by atoms with E-state index in [0.717, 1.165) is 33.7 Å². The molecule has 3 aromatic rings. The molecule has 3 rings (SSSR count). The highest BCUT2D eigenvalue weighted by molar-refractivity contribution is 5.92. The Morgan fingerprint density at radius 1 is 0.895 bits per heavy atom. The van der Waals surface area contributed by atoms with E-state index in [1.165, 1.54) is 0 Å². The molecule has 19 heavy (non-hydrogen) atoms. The summed E-state index contributed by atoms with van der Waals surface area (Å²) in [6.07, 6.45) is 0. The van der Waals surface area contributed by atoms with Gasteiger partial charge >= 0.3 is 0 Å². The van der Waals surface area contributed by atoms with Crippen molar-refractivity contribution in [1.29, 1.82) is 0 Å². The normalized spacial score (nSPS) is 10.6. The predicted octanol–water partition coefficient (Wildman–Crippen LogP) is 3.65. The van der Waals surface area contributed by atoms with Gasteiger partial charge in [0, 0.05) is 18.0 Å². The minimum absolute atomic E-state index is 0.756. The maximum Gasteiger partial charge on any atom is 0.162 e. The third-order valence-electron chi connectivity index (χ3n) is 3.20. The first kappa shape index (κ1) is 11.7. The first-order chi connectivity index (χ1) is 9.29. The lowest BCUT2D eigenvalue weighted by atomic mass is 10.1. The van der Waals surface area contributed by atoms with Gasteiger partial charge < -0.3 is 5.32 Å². The largest absolute Gasteiger partial charge is 0.373 e. The molecule has 0 saturated heterocycles. The van der Waals surface area contributed by atoms with Gasteiger partial charge in [-0.1, -0.05) is 42.5 Å². The zero-order chi connectivity index (χ0) is 13.2. The van der Waals surface area contributed by atoms with Crippen molar-refractivity contribution >= 4 is 16.7 Å². The standard InChI is InChI=1S/C16H15N3/c1-11-7-6-10-13-14(11)18-15(19-16(13)17-2)12-8-4-3-5-9-12/h3-10H,1-2H3,(H,17,18,19). The number of benzene rings is 2. The Labute approximate surface area is 112 Å². The average molecular weight is 249 g/mol. The molecule has 0 saturated carbocycles. The molecule has 0 aliphatic heterocycles. The van der Waals surface area contributed by atoms with Gasteiger partial charge in [-0.25, -0.2) is 9.97 Å². The molecule has 2 aromatic carbocycles. The van der Waals surface area contributed by atoms with Crippen LogP contribution in [0, 0.1) is 6.92 Å². The van der Waals surface area contributed by atoms with Gasteiger partial charge in [-0.3, -0.25) is 0 Å². The molecule has 0 radical (unpaired) electrons. The van der Waals surface area contributed by atoms with Gasteiger partial charge in [-0.15, -0.1) is 0 Å². The Kier molecular flexibility index (Phi) is 2.88. The van der Waals surface area contributed by atoms with Crippen LogP contribution in [-0.4, -0.2) is 17.0 Å². The number of anilines is 1. The fraction of sp³-hybridized carbons (Fsp3) is 0.125. The highest BCUT2D eigenvalue weighted by atomic mass is 15.0. The average Bonchev–Trinajstić information content (AvgIpc) is 2.48. The molecule has 1 aromatic heterocycles. The molecule has 0 fully saturated rings. The van der Waals surface area contributed by atoms with Crippen LogP contribution >= 0.6 is 0 Å². The Hall–Kier alpha value is -2.42. The number of nitrogens with zero attached hydrogens (tertiary/aromatic N) is 2. The molecule has 0 atom stereocenters. The molecule has 0 unspecified atom stereocenters. The number of hydrogen-bond acceptors (Lipinski definition) is 3. The van der Waals surface area contributed by atoms with Crippen LogP contribution in [0.3, 0.4) is 0 Å². The highest BCUT2D eigenvalue weighted by Gasteiger charge is 2.09. The second-order valence-electron chi connectivity index (χ2n) is 4.48. The molecule has 1 heterocycles. The Bertz CT molecular complexity index is 721. The van der Waals surface area contributed by atoms with Crippen LogP contribution in [0.25, 0.3) is 22.3 Å². The van der Waals surface area contributed by atoms with Crippen LogP contribution in [0.4, 0.5) is 5.82 Å². The van der Waals surface area contributed by atoms with Crippen molar-refractivity contribution in [3.63, 3.8) is 0 Å². The van der Waals surface area contributed by atoms with Crippen molar-refractivity contribution in [2.75, 3.05) is 12.4 Å². The number of para-hydroxylation sites is 1. The number of nitrogens with one attached hydrogen (secondary N) is 1. The Morgan fingerprint density at radius 3 is 2.42 bits per heavy atom. The van der Waals surface area contributed by atoms with Gasteiger partial charge in [-0.2, -0.15) is 0 Å². The van der Waals surface area contributed by atoms with Gasteiger partial charge in [0.25, 0.3) is 0 Å². The van der Waals surface area contributed by atoms with Crippen molar-refractivity contribution in [1.82, 2.24) is 9.97 Å². The summed E-state index contributed by atoms with van der Waals surface area (Å²) in [6.45, 7) is 2.07. The molecule has 3 heteroatoms. The number of hydrogen-bond donors (Lipinski definition) is 1. The number of fused-ring (bicyclic) bond motifs is 1. The van der Waals surface area contributed by atoms with Crippen molar-refractivity contribution < 1.29 is 0 Å². The molecule has 0 amide bonds. The SMILES string of the molecule is CNc1nc(-c2ccccc2)nc2c(C)cccc12. The van der Waals surface area contributed by atoms with E-state index in [9.17, 15) is 0 Å². The lowest BCUT2D eigenvalue weighted by Gasteiger charge is -2.09. The maximum absolute atomic E-state index is 4.70. The van der Waals surface area contributed by atoms with Crippen molar-refractivity contribution in [3.05, 3.63) is 54.1 Å². The number of rotatable bonds is 2. The summed E-state index contributed by atoms with van der Waals surface area (Å²) in [7, 11) is 1.89. The van der Waals surface area contributed by atoms with Crippen LogP contribution in [-0.2, 0) is 0 Å². The topological polar surface area (TPSA) is 37.8 Å².